The highest BCUT2D eigenvalue weighted by Gasteiger charge is 2.44. The van der Waals surface area contributed by atoms with Gasteiger partial charge in [0.25, 0.3) is 0 Å². The van der Waals surface area contributed by atoms with Gasteiger partial charge in [-0.1, -0.05) is 6.92 Å². The monoisotopic (exact) mass is 278 g/mol. The van der Waals surface area contributed by atoms with Crippen molar-refractivity contribution in [3.05, 3.63) is 18.0 Å². The number of piperazine rings is 1. The van der Waals surface area contributed by atoms with E-state index in [4.69, 9.17) is 0 Å². The van der Waals surface area contributed by atoms with Gasteiger partial charge in [0, 0.05) is 31.9 Å². The highest BCUT2D eigenvalue weighted by Crippen LogP contribution is 2.20. The minimum absolute atomic E-state index is 0.0221. The molecule has 0 aliphatic carbocycles. The molecule has 20 heavy (non-hydrogen) atoms. The summed E-state index contributed by atoms with van der Waals surface area (Å²) in [5, 5.41) is 6.91. The second kappa shape index (κ2) is 5.26. The third kappa shape index (κ3) is 2.55. The molecule has 1 fully saturated rings. The number of hydrogen-bond acceptors (Lipinski definition) is 3. The Morgan fingerprint density at radius 1 is 1.40 bits per heavy atom. The number of carbonyl (C=O) groups excluding carboxylic acids is 2. The van der Waals surface area contributed by atoms with E-state index in [0.29, 0.717) is 19.4 Å². The van der Waals surface area contributed by atoms with Crippen molar-refractivity contribution in [1.29, 1.82) is 0 Å². The smallest absolute Gasteiger partial charge is 0.248 e. The van der Waals surface area contributed by atoms with Gasteiger partial charge in [-0.25, -0.2) is 0 Å². The number of nitrogens with one attached hydrogen (secondary N) is 1. The van der Waals surface area contributed by atoms with Gasteiger partial charge in [-0.2, -0.15) is 5.10 Å². The fraction of sp³-hybridized carbons (Fsp3) is 0.643. The Balaban J connectivity index is 2.15. The molecule has 110 valence electrons. The van der Waals surface area contributed by atoms with E-state index < -0.39 is 5.54 Å². The Labute approximate surface area is 119 Å². The van der Waals surface area contributed by atoms with Gasteiger partial charge in [0.2, 0.25) is 11.8 Å². The lowest BCUT2D eigenvalue weighted by atomic mass is 9.95. The molecule has 1 unspecified atom stereocenters. The summed E-state index contributed by atoms with van der Waals surface area (Å²) in [6, 6.07) is 1.56. The van der Waals surface area contributed by atoms with Gasteiger partial charge < -0.3 is 10.2 Å². The van der Waals surface area contributed by atoms with Crippen molar-refractivity contribution in [2.75, 3.05) is 6.54 Å². The minimum atomic E-state index is -0.824. The van der Waals surface area contributed by atoms with Crippen molar-refractivity contribution in [2.45, 2.75) is 45.2 Å². The van der Waals surface area contributed by atoms with Crippen molar-refractivity contribution in [3.8, 4) is 0 Å². The molecule has 6 nitrogen and oxygen atoms in total. The molecule has 2 amide bonds. The lowest BCUT2D eigenvalue weighted by Gasteiger charge is -2.42. The van der Waals surface area contributed by atoms with Crippen LogP contribution in [0, 0.1) is 0 Å². The van der Waals surface area contributed by atoms with Crippen molar-refractivity contribution >= 4 is 11.8 Å². The zero-order valence-corrected chi connectivity index (χ0v) is 12.5. The number of hydrogen-bond donors (Lipinski definition) is 1. The molecule has 2 heterocycles. The first-order valence-corrected chi connectivity index (χ1v) is 6.96. The maximum absolute atomic E-state index is 12.5. The molecule has 2 rings (SSSR count). The molecule has 0 radical (unpaired) electrons. The average molecular weight is 278 g/mol. The van der Waals surface area contributed by atoms with Gasteiger partial charge in [-0.15, -0.1) is 0 Å². The molecular weight excluding hydrogens is 256 g/mol. The van der Waals surface area contributed by atoms with Crippen LogP contribution >= 0.6 is 0 Å². The predicted octanol–water partition coefficient (Wildman–Crippen LogP) is 0.478. The number of aromatic nitrogens is 2. The molecule has 0 spiro atoms. The van der Waals surface area contributed by atoms with Crippen molar-refractivity contribution in [1.82, 2.24) is 20.0 Å². The van der Waals surface area contributed by atoms with Crippen molar-refractivity contribution in [3.63, 3.8) is 0 Å². The third-order valence-electron chi connectivity index (χ3n) is 3.83. The number of rotatable bonds is 4. The summed E-state index contributed by atoms with van der Waals surface area (Å²) in [5.74, 6) is -0.0896. The van der Waals surface area contributed by atoms with Gasteiger partial charge >= 0.3 is 0 Å². The molecule has 1 N–H and O–H groups in total. The van der Waals surface area contributed by atoms with Gasteiger partial charge in [0.1, 0.15) is 11.6 Å². The van der Waals surface area contributed by atoms with Crippen LogP contribution in [0.4, 0.5) is 0 Å². The van der Waals surface area contributed by atoms with E-state index in [1.165, 1.54) is 0 Å². The van der Waals surface area contributed by atoms with E-state index in [1.54, 1.807) is 29.6 Å². The molecule has 1 saturated heterocycles. The maximum Gasteiger partial charge on any atom is 0.248 e. The van der Waals surface area contributed by atoms with Crippen LogP contribution in [0.3, 0.4) is 0 Å². The number of carbonyl (C=O) groups is 2. The molecule has 0 aromatic carbocycles. The molecule has 1 atom stereocenters. The summed E-state index contributed by atoms with van der Waals surface area (Å²) >= 11 is 0. The summed E-state index contributed by atoms with van der Waals surface area (Å²) < 4.78 is 1.79. The van der Waals surface area contributed by atoms with Gasteiger partial charge in [0.05, 0.1) is 0 Å². The summed E-state index contributed by atoms with van der Waals surface area (Å²) in [6.07, 6.45) is 3.06. The highest BCUT2D eigenvalue weighted by atomic mass is 16.2. The summed E-state index contributed by atoms with van der Waals surface area (Å²) in [6.45, 7) is 5.95. The topological polar surface area (TPSA) is 67.2 Å². The zero-order chi connectivity index (χ0) is 14.9. The second-order valence-electron chi connectivity index (χ2n) is 5.73. The molecular formula is C14H22N4O2. The largest absolute Gasteiger partial charge is 0.340 e. The lowest BCUT2D eigenvalue weighted by Crippen LogP contribution is -2.68. The van der Waals surface area contributed by atoms with Gasteiger partial charge in [-0.3, -0.25) is 14.3 Å². The van der Waals surface area contributed by atoms with Gasteiger partial charge in [0.15, 0.2) is 0 Å². The molecule has 1 aromatic heterocycles. The normalized spacial score (nSPS) is 22.0. The average Bonchev–Trinajstić information content (AvgIpc) is 2.77. The summed E-state index contributed by atoms with van der Waals surface area (Å²) in [5.41, 5.74) is 0.228. The fourth-order valence-corrected chi connectivity index (χ4v) is 2.63. The Morgan fingerprint density at radius 2 is 2.10 bits per heavy atom. The van der Waals surface area contributed by atoms with Crippen molar-refractivity contribution in [2.24, 2.45) is 7.05 Å². The Bertz CT molecular complexity index is 521. The molecule has 0 saturated carbocycles. The van der Waals surface area contributed by atoms with E-state index in [-0.39, 0.29) is 17.9 Å². The number of aryl methyl sites for hydroxylation is 1. The van der Waals surface area contributed by atoms with Crippen LogP contribution in [0.5, 0.6) is 0 Å². The Morgan fingerprint density at radius 3 is 2.65 bits per heavy atom. The number of nitrogens with zero attached hydrogens (tertiary/aromatic N) is 3. The predicted molar refractivity (Wildman–Crippen MR) is 74.9 cm³/mol. The molecule has 0 bridgehead atoms. The standard InChI is InChI=1S/C14H22N4O2/c1-5-11-12(19)16-14(2,3)13(20)18(11)9-7-10-6-8-15-17(10)4/h6,8,11H,5,7,9H2,1-4H3,(H,16,19). The van der Waals surface area contributed by atoms with Crippen LogP contribution in [0.25, 0.3) is 0 Å². The summed E-state index contributed by atoms with van der Waals surface area (Å²) in [7, 11) is 1.88. The van der Waals surface area contributed by atoms with E-state index in [9.17, 15) is 9.59 Å². The van der Waals surface area contributed by atoms with Crippen LogP contribution in [0.15, 0.2) is 12.3 Å². The fourth-order valence-electron chi connectivity index (χ4n) is 2.63. The van der Waals surface area contributed by atoms with E-state index in [0.717, 1.165) is 5.69 Å². The Kier molecular flexibility index (Phi) is 3.83. The first-order valence-electron chi connectivity index (χ1n) is 6.96. The van der Waals surface area contributed by atoms with Crippen LogP contribution in [0.1, 0.15) is 32.9 Å². The van der Waals surface area contributed by atoms with E-state index >= 15 is 0 Å². The van der Waals surface area contributed by atoms with Crippen LogP contribution in [0.2, 0.25) is 0 Å². The zero-order valence-electron chi connectivity index (χ0n) is 12.5. The second-order valence-corrected chi connectivity index (χ2v) is 5.73. The van der Waals surface area contributed by atoms with Crippen LogP contribution in [-0.4, -0.2) is 44.6 Å². The molecule has 1 aliphatic heterocycles. The van der Waals surface area contributed by atoms with Crippen LogP contribution < -0.4 is 5.32 Å². The van der Waals surface area contributed by atoms with E-state index in [2.05, 4.69) is 10.4 Å². The lowest BCUT2D eigenvalue weighted by molar-refractivity contribution is -0.153. The molecule has 1 aromatic rings. The van der Waals surface area contributed by atoms with Crippen LogP contribution in [-0.2, 0) is 23.1 Å². The quantitative estimate of drug-likeness (QED) is 0.871. The third-order valence-corrected chi connectivity index (χ3v) is 3.83. The minimum Gasteiger partial charge on any atom is -0.340 e. The Hall–Kier alpha value is -1.85. The van der Waals surface area contributed by atoms with Gasteiger partial charge in [-0.05, 0) is 26.3 Å². The van der Waals surface area contributed by atoms with Crippen molar-refractivity contribution < 1.29 is 9.59 Å². The number of amides is 2. The molecule has 6 heteroatoms. The SMILES string of the molecule is CCC1C(=O)NC(C)(C)C(=O)N1CCc1ccnn1C. The summed E-state index contributed by atoms with van der Waals surface area (Å²) in [4.78, 5) is 26.3. The maximum atomic E-state index is 12.5. The first-order chi connectivity index (χ1) is 9.36. The molecule has 1 aliphatic rings. The highest BCUT2D eigenvalue weighted by molar-refractivity contribution is 5.99. The first kappa shape index (κ1) is 14.6. The van der Waals surface area contributed by atoms with E-state index in [1.807, 2.05) is 20.0 Å².